The van der Waals surface area contributed by atoms with Gasteiger partial charge in [0.2, 0.25) is 0 Å². The van der Waals surface area contributed by atoms with Gasteiger partial charge in [-0.05, 0) is 75.2 Å². The van der Waals surface area contributed by atoms with Gasteiger partial charge in [0.05, 0.1) is 0 Å². The fraction of sp³-hybridized carbons (Fsp3) is 0.700. The second-order valence-corrected chi connectivity index (χ2v) is 13.2. The van der Waals surface area contributed by atoms with Crippen molar-refractivity contribution in [1.82, 2.24) is 0 Å². The van der Waals surface area contributed by atoms with Crippen molar-refractivity contribution < 1.29 is 4.74 Å². The molecule has 3 heteroatoms. The zero-order chi connectivity index (χ0) is 30.8. The van der Waals surface area contributed by atoms with E-state index in [4.69, 9.17) is 4.74 Å². The van der Waals surface area contributed by atoms with E-state index in [1.54, 1.807) is 0 Å². The lowest BCUT2D eigenvalue weighted by molar-refractivity contribution is 0.482. The Morgan fingerprint density at radius 1 is 0.419 bits per heavy atom. The Morgan fingerprint density at radius 2 is 0.698 bits per heavy atom. The summed E-state index contributed by atoms with van der Waals surface area (Å²) in [4.78, 5) is 0. The quantitative estimate of drug-likeness (QED) is 0.0964. The van der Waals surface area contributed by atoms with Crippen LogP contribution < -0.4 is 15.4 Å². The molecule has 3 nitrogen and oxygen atoms in total. The average molecular weight is 593 g/mol. The van der Waals surface area contributed by atoms with Crippen LogP contribution in [0.4, 0.5) is 11.4 Å². The first-order valence-corrected chi connectivity index (χ1v) is 18.5. The zero-order valence-corrected chi connectivity index (χ0v) is 28.7. The molecule has 2 rings (SSSR count). The van der Waals surface area contributed by atoms with Crippen LogP contribution in [-0.4, -0.2) is 12.1 Å². The van der Waals surface area contributed by atoms with E-state index in [-0.39, 0.29) is 0 Å². The van der Waals surface area contributed by atoms with E-state index in [9.17, 15) is 0 Å². The van der Waals surface area contributed by atoms with Gasteiger partial charge in [-0.15, -0.1) is 0 Å². The Labute approximate surface area is 267 Å². The van der Waals surface area contributed by atoms with Gasteiger partial charge in [-0.1, -0.05) is 142 Å². The monoisotopic (exact) mass is 593 g/mol. The first-order valence-electron chi connectivity index (χ1n) is 18.5. The van der Waals surface area contributed by atoms with Gasteiger partial charge >= 0.3 is 0 Å². The summed E-state index contributed by atoms with van der Waals surface area (Å²) in [5.41, 5.74) is 2.34. The summed E-state index contributed by atoms with van der Waals surface area (Å²) in [6, 6.07) is 17.8. The summed E-state index contributed by atoms with van der Waals surface area (Å²) < 4.78 is 6.12. The number of ether oxygens (including phenoxy) is 1. The topological polar surface area (TPSA) is 33.3 Å². The summed E-state index contributed by atoms with van der Waals surface area (Å²) in [5, 5.41) is 7.32. The van der Waals surface area contributed by atoms with Gasteiger partial charge in [-0.3, -0.25) is 0 Å². The summed E-state index contributed by atoms with van der Waals surface area (Å²) in [6.07, 6.45) is 30.3. The minimum atomic E-state index is 0.494. The second kappa shape index (κ2) is 25.2. The largest absolute Gasteiger partial charge is 0.457 e. The predicted molar refractivity (Wildman–Crippen MR) is 192 cm³/mol. The third-order valence-electron chi connectivity index (χ3n) is 8.75. The molecule has 244 valence electrons. The molecule has 0 saturated heterocycles. The molecule has 0 aliphatic rings. The Kier molecular flexibility index (Phi) is 21.7. The molecule has 0 amide bonds. The maximum absolute atomic E-state index is 6.12. The van der Waals surface area contributed by atoms with Crippen molar-refractivity contribution in [3.8, 4) is 11.5 Å². The molecule has 0 saturated carbocycles. The highest BCUT2D eigenvalue weighted by Crippen LogP contribution is 2.25. The molecular weight excluding hydrogens is 524 g/mol. The third kappa shape index (κ3) is 19.7. The number of benzene rings is 2. The minimum absolute atomic E-state index is 0.494. The fourth-order valence-electron chi connectivity index (χ4n) is 5.96. The SMILES string of the molecule is CCCCCCCCCCCCC(C)Nc1ccc(Oc2ccc(NC(C)CCCCCCCCCCCC)cc2)cc1. The third-order valence-corrected chi connectivity index (χ3v) is 8.75. The van der Waals surface area contributed by atoms with Gasteiger partial charge in [-0.2, -0.15) is 0 Å². The zero-order valence-electron chi connectivity index (χ0n) is 28.7. The molecule has 2 aromatic carbocycles. The Hall–Kier alpha value is -2.16. The van der Waals surface area contributed by atoms with Crippen molar-refractivity contribution in [2.75, 3.05) is 10.6 Å². The highest BCUT2D eigenvalue weighted by Gasteiger charge is 2.05. The molecule has 0 aliphatic heterocycles. The fourth-order valence-corrected chi connectivity index (χ4v) is 5.96. The van der Waals surface area contributed by atoms with Crippen LogP contribution >= 0.6 is 0 Å². The Balaban J connectivity index is 1.54. The maximum atomic E-state index is 6.12. The number of unbranched alkanes of at least 4 members (excludes halogenated alkanes) is 18. The lowest BCUT2D eigenvalue weighted by atomic mass is 10.0. The van der Waals surface area contributed by atoms with E-state index in [1.165, 1.54) is 153 Å². The molecule has 2 aromatic rings. The molecule has 0 spiro atoms. The average Bonchev–Trinajstić information content (AvgIpc) is 3.01. The van der Waals surface area contributed by atoms with Crippen LogP contribution in [0.5, 0.6) is 11.5 Å². The molecule has 2 N–H and O–H groups in total. The first kappa shape index (κ1) is 37.0. The number of hydrogen-bond donors (Lipinski definition) is 2. The van der Waals surface area contributed by atoms with E-state index in [0.29, 0.717) is 12.1 Å². The molecule has 0 radical (unpaired) electrons. The van der Waals surface area contributed by atoms with Gasteiger partial charge in [-0.25, -0.2) is 0 Å². The van der Waals surface area contributed by atoms with Crippen LogP contribution in [0.1, 0.15) is 169 Å². The van der Waals surface area contributed by atoms with Crippen LogP contribution in [0.3, 0.4) is 0 Å². The van der Waals surface area contributed by atoms with E-state index < -0.39 is 0 Å². The molecule has 0 aliphatic carbocycles. The maximum Gasteiger partial charge on any atom is 0.127 e. The standard InChI is InChI=1S/C40H68N2O/c1-5-7-9-11-13-15-17-19-21-23-25-35(3)41-37-27-31-39(32-28-37)43-40-33-29-38(30-34-40)42-36(4)26-24-22-20-18-16-14-12-10-8-6-2/h27-36,41-42H,5-26H2,1-4H3. The van der Waals surface area contributed by atoms with Crippen molar-refractivity contribution in [1.29, 1.82) is 0 Å². The number of nitrogens with one attached hydrogen (secondary N) is 2. The normalized spacial score (nSPS) is 12.7. The van der Waals surface area contributed by atoms with Crippen LogP contribution in [0.2, 0.25) is 0 Å². The van der Waals surface area contributed by atoms with E-state index >= 15 is 0 Å². The van der Waals surface area contributed by atoms with Gasteiger partial charge in [0.15, 0.2) is 0 Å². The van der Waals surface area contributed by atoms with Gasteiger partial charge in [0.25, 0.3) is 0 Å². The van der Waals surface area contributed by atoms with Crippen molar-refractivity contribution >= 4 is 11.4 Å². The molecular formula is C40H68N2O. The summed E-state index contributed by atoms with van der Waals surface area (Å²) in [7, 11) is 0. The molecule has 0 fully saturated rings. The van der Waals surface area contributed by atoms with Crippen molar-refractivity contribution in [3.05, 3.63) is 48.5 Å². The van der Waals surface area contributed by atoms with Crippen molar-refractivity contribution in [3.63, 3.8) is 0 Å². The Morgan fingerprint density at radius 3 is 1.00 bits per heavy atom. The van der Waals surface area contributed by atoms with Crippen LogP contribution in [0.15, 0.2) is 48.5 Å². The highest BCUT2D eigenvalue weighted by molar-refractivity contribution is 5.50. The van der Waals surface area contributed by atoms with E-state index in [0.717, 1.165) is 11.5 Å². The summed E-state index contributed by atoms with van der Waals surface area (Å²) in [5.74, 6) is 1.76. The molecule has 2 atom stereocenters. The van der Waals surface area contributed by atoms with E-state index in [1.807, 2.05) is 0 Å². The van der Waals surface area contributed by atoms with Crippen LogP contribution in [0, 0.1) is 0 Å². The Bertz CT molecular complexity index is 805. The smallest absolute Gasteiger partial charge is 0.127 e. The van der Waals surface area contributed by atoms with Gasteiger partial charge in [0, 0.05) is 23.5 Å². The lowest BCUT2D eigenvalue weighted by Crippen LogP contribution is -2.14. The van der Waals surface area contributed by atoms with Crippen molar-refractivity contribution in [2.45, 2.75) is 181 Å². The first-order chi connectivity index (χ1) is 21.1. The summed E-state index contributed by atoms with van der Waals surface area (Å²) >= 11 is 0. The number of rotatable bonds is 28. The molecule has 2 unspecified atom stereocenters. The van der Waals surface area contributed by atoms with Crippen molar-refractivity contribution in [2.24, 2.45) is 0 Å². The van der Waals surface area contributed by atoms with E-state index in [2.05, 4.69) is 86.9 Å². The molecule has 43 heavy (non-hydrogen) atoms. The molecule has 0 heterocycles. The van der Waals surface area contributed by atoms with Crippen LogP contribution in [0.25, 0.3) is 0 Å². The predicted octanol–water partition coefficient (Wildman–Crippen LogP) is 13.7. The lowest BCUT2D eigenvalue weighted by Gasteiger charge is -2.16. The minimum Gasteiger partial charge on any atom is -0.457 e. The molecule has 0 bridgehead atoms. The van der Waals surface area contributed by atoms with Gasteiger partial charge < -0.3 is 15.4 Å². The van der Waals surface area contributed by atoms with Gasteiger partial charge in [0.1, 0.15) is 11.5 Å². The second-order valence-electron chi connectivity index (χ2n) is 13.2. The number of anilines is 2. The highest BCUT2D eigenvalue weighted by atomic mass is 16.5. The molecule has 0 aromatic heterocycles. The van der Waals surface area contributed by atoms with Crippen LogP contribution in [-0.2, 0) is 0 Å². The summed E-state index contributed by atoms with van der Waals surface area (Å²) in [6.45, 7) is 9.17. The number of hydrogen-bond acceptors (Lipinski definition) is 3.